The molecule has 20 heavy (non-hydrogen) atoms. The van der Waals surface area contributed by atoms with Crippen LogP contribution in [-0.4, -0.2) is 6.21 Å². The highest BCUT2D eigenvalue weighted by molar-refractivity contribution is 8.06. The summed E-state index contributed by atoms with van der Waals surface area (Å²) in [5.41, 5.74) is 2.84. The summed E-state index contributed by atoms with van der Waals surface area (Å²) in [5, 5.41) is 7.07. The summed E-state index contributed by atoms with van der Waals surface area (Å²) in [6.45, 7) is 18.5. The zero-order valence-electron chi connectivity index (χ0n) is 15.1. The number of allylic oxidation sites excluding steroid dienone is 6. The highest BCUT2D eigenvalue weighted by Crippen LogP contribution is 2.40. The first-order chi connectivity index (χ1) is 9.69. The van der Waals surface area contributed by atoms with Crippen molar-refractivity contribution < 1.29 is 0 Å². The van der Waals surface area contributed by atoms with Gasteiger partial charge in [0, 0.05) is 12.6 Å². The van der Waals surface area contributed by atoms with Crippen LogP contribution in [0.4, 0.5) is 0 Å². The van der Waals surface area contributed by atoms with E-state index < -0.39 is 0 Å². The summed E-state index contributed by atoms with van der Waals surface area (Å²) in [6.07, 6.45) is 7.64. The van der Waals surface area contributed by atoms with Gasteiger partial charge in [-0.3, -0.25) is 0 Å². The minimum absolute atomic E-state index is 0.997. The van der Waals surface area contributed by atoms with Crippen molar-refractivity contribution in [1.82, 2.24) is 0 Å². The molecule has 0 radical (unpaired) electrons. The topological polar surface area (TPSA) is 23.9 Å². The van der Waals surface area contributed by atoms with Crippen molar-refractivity contribution >= 4 is 18.0 Å². The molecular weight excluding hydrogens is 262 g/mol. The largest absolute Gasteiger partial charge is 0.309 e. The molecule has 0 bridgehead atoms. The Morgan fingerprint density at radius 3 is 1.95 bits per heavy atom. The Hall–Kier alpha value is -0.760. The van der Waals surface area contributed by atoms with Gasteiger partial charge < -0.3 is 5.41 Å². The molecular formula is C18H35NS. The first-order valence-corrected chi connectivity index (χ1v) is 8.75. The third kappa shape index (κ3) is 10.1. The van der Waals surface area contributed by atoms with E-state index in [1.54, 1.807) is 11.8 Å². The molecule has 1 heterocycles. The van der Waals surface area contributed by atoms with Crippen LogP contribution in [0.15, 0.2) is 33.1 Å². The first kappa shape index (κ1) is 24.3. The third-order valence-electron chi connectivity index (χ3n) is 2.38. The Kier molecular flexibility index (Phi) is 22.1. The second-order valence-corrected chi connectivity index (χ2v) is 4.74. The van der Waals surface area contributed by atoms with Crippen molar-refractivity contribution in [2.24, 2.45) is 0 Å². The van der Waals surface area contributed by atoms with Crippen LogP contribution >= 0.6 is 11.8 Å². The molecule has 0 saturated heterocycles. The summed E-state index contributed by atoms with van der Waals surface area (Å²) in [5.74, 6) is 0. The smallest absolute Gasteiger partial charge is 0.0185 e. The molecule has 1 aliphatic heterocycles. The standard InChI is InChI=1S/C12H17NS.3C2H6/c1-4-5-11-8-12(6-7-13)14-10(3)9(11)2;3*1-2/h5-7,13H,4,8H2,1-3H3;3*1-2H3/b11-5+,12-6+,13-7?;;;. The zero-order valence-corrected chi connectivity index (χ0v) is 15.9. The highest BCUT2D eigenvalue weighted by Gasteiger charge is 2.14. The van der Waals surface area contributed by atoms with Gasteiger partial charge >= 0.3 is 0 Å². The van der Waals surface area contributed by atoms with Crippen molar-refractivity contribution in [3.05, 3.63) is 33.1 Å². The number of rotatable bonds is 2. The molecule has 1 N–H and O–H groups in total. The van der Waals surface area contributed by atoms with Gasteiger partial charge in [0.15, 0.2) is 0 Å². The molecule has 0 atom stereocenters. The number of hydrogen-bond acceptors (Lipinski definition) is 2. The fourth-order valence-electron chi connectivity index (χ4n) is 1.51. The quantitative estimate of drug-likeness (QED) is 0.529. The lowest BCUT2D eigenvalue weighted by molar-refractivity contribution is 1.10. The third-order valence-corrected chi connectivity index (χ3v) is 3.53. The van der Waals surface area contributed by atoms with Crippen LogP contribution in [0.3, 0.4) is 0 Å². The summed E-state index contributed by atoms with van der Waals surface area (Å²) in [7, 11) is 0. The normalized spacial score (nSPS) is 17.2. The molecule has 1 nitrogen and oxygen atoms in total. The van der Waals surface area contributed by atoms with E-state index in [9.17, 15) is 0 Å². The van der Waals surface area contributed by atoms with Gasteiger partial charge in [-0.15, -0.1) is 0 Å². The highest BCUT2D eigenvalue weighted by atomic mass is 32.2. The molecule has 1 rings (SSSR count). The van der Waals surface area contributed by atoms with E-state index >= 15 is 0 Å². The van der Waals surface area contributed by atoms with E-state index in [1.165, 1.54) is 27.2 Å². The molecule has 1 aliphatic rings. The Morgan fingerprint density at radius 2 is 1.55 bits per heavy atom. The van der Waals surface area contributed by atoms with Gasteiger partial charge in [0.2, 0.25) is 0 Å². The molecule has 0 fully saturated rings. The fraction of sp³-hybridized carbons (Fsp3) is 0.611. The van der Waals surface area contributed by atoms with Crippen molar-refractivity contribution in [1.29, 1.82) is 5.41 Å². The Balaban J connectivity index is -0.000000425. The van der Waals surface area contributed by atoms with Gasteiger partial charge in [-0.05, 0) is 47.3 Å². The molecule has 0 amide bonds. The second kappa shape index (κ2) is 18.2. The molecule has 0 aromatic heterocycles. The lowest BCUT2D eigenvalue weighted by atomic mass is 10.0. The zero-order chi connectivity index (χ0) is 16.6. The van der Waals surface area contributed by atoms with Crippen molar-refractivity contribution in [2.45, 2.75) is 75.2 Å². The number of nitrogens with one attached hydrogen (secondary N) is 1. The summed E-state index contributed by atoms with van der Waals surface area (Å²) in [6, 6.07) is 0. The predicted octanol–water partition coefficient (Wildman–Crippen LogP) is 7.37. The van der Waals surface area contributed by atoms with Crippen LogP contribution in [0.2, 0.25) is 0 Å². The van der Waals surface area contributed by atoms with Crippen molar-refractivity contribution in [3.63, 3.8) is 0 Å². The average Bonchev–Trinajstić information content (AvgIpc) is 2.51. The van der Waals surface area contributed by atoms with Gasteiger partial charge in [-0.25, -0.2) is 0 Å². The second-order valence-electron chi connectivity index (χ2n) is 3.40. The minimum atomic E-state index is 0.997. The lowest BCUT2D eigenvalue weighted by Crippen LogP contribution is -1.97. The molecule has 0 spiro atoms. The SMILES string of the molecule is CC.CC.CC.CC/C=C1\C/C(=C\C=N)SC(C)=C1C. The van der Waals surface area contributed by atoms with E-state index in [0.717, 1.165) is 12.8 Å². The first-order valence-electron chi connectivity index (χ1n) is 7.93. The van der Waals surface area contributed by atoms with Gasteiger partial charge in [0.25, 0.3) is 0 Å². The Bertz CT molecular complexity index is 322. The van der Waals surface area contributed by atoms with E-state index in [-0.39, 0.29) is 0 Å². The van der Waals surface area contributed by atoms with E-state index in [1.807, 2.05) is 47.6 Å². The van der Waals surface area contributed by atoms with Crippen LogP contribution in [0, 0.1) is 5.41 Å². The van der Waals surface area contributed by atoms with Crippen LogP contribution < -0.4 is 0 Å². The number of thioether (sulfide) groups is 1. The predicted molar refractivity (Wildman–Crippen MR) is 99.9 cm³/mol. The van der Waals surface area contributed by atoms with Crippen LogP contribution in [0.1, 0.15) is 75.2 Å². The van der Waals surface area contributed by atoms with E-state index in [0.29, 0.717) is 0 Å². The Morgan fingerprint density at radius 1 is 1.05 bits per heavy atom. The summed E-state index contributed by atoms with van der Waals surface area (Å²) < 4.78 is 0. The minimum Gasteiger partial charge on any atom is -0.309 e. The number of hydrogen-bond donors (Lipinski definition) is 1. The molecule has 2 heteroatoms. The van der Waals surface area contributed by atoms with Gasteiger partial charge in [-0.1, -0.05) is 66.3 Å². The van der Waals surface area contributed by atoms with Crippen LogP contribution in [-0.2, 0) is 0 Å². The summed E-state index contributed by atoms with van der Waals surface area (Å²) >= 11 is 1.80. The van der Waals surface area contributed by atoms with Gasteiger partial charge in [-0.2, -0.15) is 0 Å². The maximum absolute atomic E-state index is 7.07. The molecule has 118 valence electrons. The van der Waals surface area contributed by atoms with E-state index in [2.05, 4.69) is 26.8 Å². The lowest BCUT2D eigenvalue weighted by Gasteiger charge is -2.20. The summed E-state index contributed by atoms with van der Waals surface area (Å²) in [4.78, 5) is 2.65. The van der Waals surface area contributed by atoms with Crippen LogP contribution in [0.5, 0.6) is 0 Å². The van der Waals surface area contributed by atoms with Crippen molar-refractivity contribution in [2.75, 3.05) is 0 Å². The Labute approximate surface area is 132 Å². The molecule has 0 unspecified atom stereocenters. The van der Waals surface area contributed by atoms with Crippen molar-refractivity contribution in [3.8, 4) is 0 Å². The maximum Gasteiger partial charge on any atom is 0.0185 e. The molecule has 0 aromatic carbocycles. The monoisotopic (exact) mass is 297 g/mol. The van der Waals surface area contributed by atoms with Crippen LogP contribution in [0.25, 0.3) is 0 Å². The molecule has 0 saturated carbocycles. The fourth-order valence-corrected chi connectivity index (χ4v) is 2.55. The van der Waals surface area contributed by atoms with Gasteiger partial charge in [0.05, 0.1) is 0 Å². The maximum atomic E-state index is 7.07. The van der Waals surface area contributed by atoms with E-state index in [4.69, 9.17) is 5.41 Å². The average molecular weight is 298 g/mol. The molecule has 0 aromatic rings. The molecule has 0 aliphatic carbocycles. The van der Waals surface area contributed by atoms with Gasteiger partial charge in [0.1, 0.15) is 0 Å².